The number of ether oxygens (including phenoxy) is 2. The van der Waals surface area contributed by atoms with E-state index in [1.165, 1.54) is 32.7 Å². The van der Waals surface area contributed by atoms with Gasteiger partial charge in [0, 0.05) is 38.3 Å². The monoisotopic (exact) mass is 572 g/mol. The second-order valence-corrected chi connectivity index (χ2v) is 12.6. The summed E-state index contributed by atoms with van der Waals surface area (Å²) < 4.78 is 39.7. The Balaban J connectivity index is 1.34. The molecule has 0 N–H and O–H groups in total. The maximum Gasteiger partial charge on any atom is 0.409 e. The number of aromatic nitrogens is 1. The number of hydrogen-bond acceptors (Lipinski definition) is 8. The normalized spacial score (nSPS) is 18.4. The first-order chi connectivity index (χ1) is 18.8. The van der Waals surface area contributed by atoms with Gasteiger partial charge in [-0.25, -0.2) is 18.2 Å². The third-order valence-electron chi connectivity index (χ3n) is 6.92. The molecule has 1 aromatic heterocycles. The molecule has 3 aromatic rings. The molecule has 1 unspecified atom stereocenters. The molecule has 0 aliphatic carbocycles. The fourth-order valence-electron chi connectivity index (χ4n) is 4.78. The molecule has 2 aromatic carbocycles. The average molecular weight is 573 g/mol. The lowest BCUT2D eigenvalue weighted by Gasteiger charge is -2.33. The molecule has 5 rings (SSSR count). The van der Waals surface area contributed by atoms with Gasteiger partial charge in [0.2, 0.25) is 10.0 Å². The molecule has 1 atom stereocenters. The second-order valence-electron chi connectivity index (χ2n) is 9.63. The van der Waals surface area contributed by atoms with E-state index in [1.807, 2.05) is 19.1 Å². The van der Waals surface area contributed by atoms with E-state index >= 15 is 0 Å². The number of benzene rings is 2. The number of anilines is 1. The second kappa shape index (κ2) is 11.6. The van der Waals surface area contributed by atoms with E-state index in [4.69, 9.17) is 14.5 Å². The van der Waals surface area contributed by atoms with Crippen LogP contribution in [0.3, 0.4) is 0 Å². The number of thiazole rings is 1. The highest BCUT2D eigenvalue weighted by Gasteiger charge is 2.31. The van der Waals surface area contributed by atoms with E-state index in [-0.39, 0.29) is 49.7 Å². The van der Waals surface area contributed by atoms with Gasteiger partial charge in [0.15, 0.2) is 5.13 Å². The number of fused-ring (bicyclic) bond motifs is 1. The topological polar surface area (TPSA) is 109 Å². The molecule has 0 radical (unpaired) electrons. The van der Waals surface area contributed by atoms with Crippen molar-refractivity contribution in [1.82, 2.24) is 14.2 Å². The minimum Gasteiger partial charge on any atom is -0.450 e. The van der Waals surface area contributed by atoms with Crippen LogP contribution < -0.4 is 4.90 Å². The number of aryl methyl sites for hydroxylation is 1. The number of carbonyl (C=O) groups excluding carboxylic acids is 2. The van der Waals surface area contributed by atoms with Crippen molar-refractivity contribution in [2.24, 2.45) is 0 Å². The van der Waals surface area contributed by atoms with E-state index in [9.17, 15) is 18.0 Å². The van der Waals surface area contributed by atoms with Gasteiger partial charge in [0.1, 0.15) is 0 Å². The Bertz CT molecular complexity index is 1440. The Morgan fingerprint density at radius 1 is 1.13 bits per heavy atom. The highest BCUT2D eigenvalue weighted by atomic mass is 32.2. The molecule has 3 heterocycles. The van der Waals surface area contributed by atoms with Crippen molar-refractivity contribution in [2.75, 3.05) is 50.8 Å². The van der Waals surface area contributed by atoms with Crippen LogP contribution in [0.25, 0.3) is 10.2 Å². The van der Waals surface area contributed by atoms with Crippen LogP contribution in [0, 0.1) is 6.92 Å². The van der Waals surface area contributed by atoms with Crippen molar-refractivity contribution >= 4 is 48.7 Å². The largest absolute Gasteiger partial charge is 0.450 e. The smallest absolute Gasteiger partial charge is 0.409 e. The first-order valence-corrected chi connectivity index (χ1v) is 15.3. The van der Waals surface area contributed by atoms with Crippen LogP contribution in [-0.2, 0) is 19.5 Å². The van der Waals surface area contributed by atoms with Gasteiger partial charge in [-0.1, -0.05) is 17.4 Å². The fraction of sp³-hybridized carbons (Fsp3) is 0.444. The maximum absolute atomic E-state index is 13.7. The number of nitrogens with zero attached hydrogens (tertiary/aromatic N) is 4. The lowest BCUT2D eigenvalue weighted by Crippen LogP contribution is -2.50. The van der Waals surface area contributed by atoms with Gasteiger partial charge in [0.05, 0.1) is 34.4 Å². The van der Waals surface area contributed by atoms with Gasteiger partial charge in [-0.2, -0.15) is 4.31 Å². The van der Waals surface area contributed by atoms with Crippen LogP contribution >= 0.6 is 11.3 Å². The third-order valence-corrected chi connectivity index (χ3v) is 9.88. The summed E-state index contributed by atoms with van der Waals surface area (Å²) in [5, 5.41) is 0.590. The van der Waals surface area contributed by atoms with Crippen LogP contribution in [-0.4, -0.2) is 86.6 Å². The number of sulfonamides is 1. The number of piperazine rings is 1. The fourth-order valence-corrected chi connectivity index (χ4v) is 7.27. The van der Waals surface area contributed by atoms with Crippen LogP contribution in [0.4, 0.5) is 9.93 Å². The Labute approximate surface area is 232 Å². The van der Waals surface area contributed by atoms with Crippen LogP contribution in [0.1, 0.15) is 35.7 Å². The standard InChI is InChI=1S/C27H32N4O6S2/c1-3-36-27(33)29-12-14-30(15-13-29)39(34,35)22-9-7-20(8-10-22)25(32)31(18-21-5-4-16-37-21)26-28-23-11-6-19(2)17-24(23)38-26/h6-11,17,21H,3-5,12-16,18H2,1-2H3. The number of carbonyl (C=O) groups is 2. The van der Waals surface area contributed by atoms with Crippen molar-refractivity contribution in [3.05, 3.63) is 53.6 Å². The van der Waals surface area contributed by atoms with Crippen LogP contribution in [0.15, 0.2) is 47.4 Å². The zero-order chi connectivity index (χ0) is 27.6. The van der Waals surface area contributed by atoms with E-state index in [0.29, 0.717) is 23.8 Å². The molecule has 39 heavy (non-hydrogen) atoms. The maximum atomic E-state index is 13.7. The molecule has 0 bridgehead atoms. The molecule has 2 aliphatic rings. The Morgan fingerprint density at radius 2 is 1.87 bits per heavy atom. The summed E-state index contributed by atoms with van der Waals surface area (Å²) in [6, 6.07) is 12.0. The third kappa shape index (κ3) is 5.93. The minimum absolute atomic E-state index is 0.0735. The molecular formula is C27H32N4O6S2. The molecule has 2 aliphatic heterocycles. The number of amides is 2. The van der Waals surface area contributed by atoms with Crippen molar-refractivity contribution < 1.29 is 27.5 Å². The molecule has 12 heteroatoms. The molecule has 2 amide bonds. The first-order valence-electron chi connectivity index (χ1n) is 13.1. The predicted octanol–water partition coefficient (Wildman–Crippen LogP) is 3.89. The zero-order valence-electron chi connectivity index (χ0n) is 22.0. The van der Waals surface area contributed by atoms with Gasteiger partial charge < -0.3 is 14.4 Å². The minimum atomic E-state index is -3.78. The van der Waals surface area contributed by atoms with E-state index in [2.05, 4.69) is 6.07 Å². The van der Waals surface area contributed by atoms with E-state index < -0.39 is 16.1 Å². The lowest BCUT2D eigenvalue weighted by atomic mass is 10.2. The summed E-state index contributed by atoms with van der Waals surface area (Å²) in [5.41, 5.74) is 2.32. The zero-order valence-corrected chi connectivity index (χ0v) is 23.7. The predicted molar refractivity (Wildman–Crippen MR) is 149 cm³/mol. The molecule has 0 saturated carbocycles. The van der Waals surface area contributed by atoms with Crippen molar-refractivity contribution in [2.45, 2.75) is 37.7 Å². The lowest BCUT2D eigenvalue weighted by molar-refractivity contribution is 0.0916. The summed E-state index contributed by atoms with van der Waals surface area (Å²) >= 11 is 1.46. The quantitative estimate of drug-likeness (QED) is 0.423. The highest BCUT2D eigenvalue weighted by Crippen LogP contribution is 2.32. The van der Waals surface area contributed by atoms with Crippen LogP contribution in [0.2, 0.25) is 0 Å². The summed E-state index contributed by atoms with van der Waals surface area (Å²) in [6.07, 6.45) is 1.31. The van der Waals surface area contributed by atoms with E-state index in [1.54, 1.807) is 24.0 Å². The van der Waals surface area contributed by atoms with Gasteiger partial charge in [-0.3, -0.25) is 9.69 Å². The van der Waals surface area contributed by atoms with Crippen molar-refractivity contribution in [3.63, 3.8) is 0 Å². The molecule has 2 saturated heterocycles. The summed E-state index contributed by atoms with van der Waals surface area (Å²) in [7, 11) is -3.78. The summed E-state index contributed by atoms with van der Waals surface area (Å²) in [4.78, 5) is 33.6. The SMILES string of the molecule is CCOC(=O)N1CCN(S(=O)(=O)c2ccc(C(=O)N(CC3CCCO3)c3nc4ccc(C)cc4s3)cc2)CC1. The average Bonchev–Trinajstić information content (AvgIpc) is 3.61. The van der Waals surface area contributed by atoms with Gasteiger partial charge >= 0.3 is 6.09 Å². The van der Waals surface area contributed by atoms with Gasteiger partial charge in [0.25, 0.3) is 5.91 Å². The van der Waals surface area contributed by atoms with Crippen molar-refractivity contribution in [3.8, 4) is 0 Å². The summed E-state index contributed by atoms with van der Waals surface area (Å²) in [5.74, 6) is -0.256. The van der Waals surface area contributed by atoms with Crippen molar-refractivity contribution in [1.29, 1.82) is 0 Å². The summed E-state index contributed by atoms with van der Waals surface area (Å²) in [6.45, 7) is 5.94. The Hall–Kier alpha value is -3.06. The number of hydrogen-bond donors (Lipinski definition) is 0. The van der Waals surface area contributed by atoms with E-state index in [0.717, 1.165) is 28.6 Å². The van der Waals surface area contributed by atoms with Gasteiger partial charge in [-0.05, 0) is 68.7 Å². The molecule has 2 fully saturated rings. The molecule has 208 valence electrons. The Morgan fingerprint density at radius 3 is 2.54 bits per heavy atom. The van der Waals surface area contributed by atoms with Gasteiger partial charge in [-0.15, -0.1) is 0 Å². The highest BCUT2D eigenvalue weighted by molar-refractivity contribution is 7.89. The number of rotatable bonds is 7. The molecule has 0 spiro atoms. The molecule has 10 nitrogen and oxygen atoms in total. The van der Waals surface area contributed by atoms with Crippen LogP contribution in [0.5, 0.6) is 0 Å². The Kier molecular flexibility index (Phi) is 8.17. The first kappa shape index (κ1) is 27.5. The molecular weight excluding hydrogens is 540 g/mol.